The quantitative estimate of drug-likeness (QED) is 0.651. The molecule has 2 aromatic carbocycles. The van der Waals surface area contributed by atoms with Gasteiger partial charge in [0.15, 0.2) is 0 Å². The van der Waals surface area contributed by atoms with Crippen molar-refractivity contribution in [3.8, 4) is 11.1 Å². The molecule has 3 nitrogen and oxygen atoms in total. The highest BCUT2D eigenvalue weighted by Gasteiger charge is 2.24. The standard InChI is InChI=1S/C21H18F2N2O/c1-12(21(26)25-16-3-4-16)8-17-18(22)10-15(11-19(17)23)13-2-5-20-14(9-13)6-7-24-20/h2,5-11,16,24H,3-4H2,1H3,(H,25,26). The van der Waals surface area contributed by atoms with Crippen molar-refractivity contribution >= 4 is 22.9 Å². The summed E-state index contributed by atoms with van der Waals surface area (Å²) in [6.45, 7) is 1.56. The van der Waals surface area contributed by atoms with Crippen LogP contribution in [0.5, 0.6) is 0 Å². The van der Waals surface area contributed by atoms with E-state index in [1.54, 1.807) is 6.92 Å². The molecule has 1 amide bonds. The van der Waals surface area contributed by atoms with Gasteiger partial charge >= 0.3 is 0 Å². The van der Waals surface area contributed by atoms with E-state index in [-0.39, 0.29) is 23.1 Å². The Morgan fingerprint density at radius 1 is 1.12 bits per heavy atom. The minimum absolute atomic E-state index is 0.195. The van der Waals surface area contributed by atoms with Crippen molar-refractivity contribution in [3.05, 3.63) is 65.4 Å². The van der Waals surface area contributed by atoms with Gasteiger partial charge in [0.1, 0.15) is 11.6 Å². The van der Waals surface area contributed by atoms with Crippen LogP contribution in [0.25, 0.3) is 28.1 Å². The number of fused-ring (bicyclic) bond motifs is 1. The highest BCUT2D eigenvalue weighted by Crippen LogP contribution is 2.28. The minimum atomic E-state index is -0.687. The lowest BCUT2D eigenvalue weighted by Gasteiger charge is -2.08. The summed E-state index contributed by atoms with van der Waals surface area (Å²) in [5.41, 5.74) is 2.25. The molecule has 132 valence electrons. The molecule has 1 fully saturated rings. The number of amides is 1. The molecule has 26 heavy (non-hydrogen) atoms. The monoisotopic (exact) mass is 352 g/mol. The molecular weight excluding hydrogens is 334 g/mol. The molecule has 0 saturated heterocycles. The molecule has 0 aliphatic heterocycles. The highest BCUT2D eigenvalue weighted by molar-refractivity contribution is 5.97. The van der Waals surface area contributed by atoms with E-state index in [1.807, 2.05) is 30.5 Å². The van der Waals surface area contributed by atoms with Gasteiger partial charge in [0, 0.05) is 28.9 Å². The van der Waals surface area contributed by atoms with Gasteiger partial charge in [-0.1, -0.05) is 6.07 Å². The first-order chi connectivity index (χ1) is 12.5. The van der Waals surface area contributed by atoms with Gasteiger partial charge in [-0.3, -0.25) is 4.79 Å². The first kappa shape index (κ1) is 16.5. The van der Waals surface area contributed by atoms with Crippen molar-refractivity contribution < 1.29 is 13.6 Å². The zero-order valence-corrected chi connectivity index (χ0v) is 14.3. The Kier molecular flexibility index (Phi) is 4.07. The Morgan fingerprint density at radius 3 is 2.54 bits per heavy atom. The third-order valence-electron chi connectivity index (χ3n) is 4.60. The lowest BCUT2D eigenvalue weighted by Crippen LogP contribution is -2.25. The maximum atomic E-state index is 14.5. The number of rotatable bonds is 4. The van der Waals surface area contributed by atoms with Gasteiger partial charge in [-0.25, -0.2) is 8.78 Å². The number of halogens is 2. The average Bonchev–Trinajstić information content (AvgIpc) is 3.30. The number of carbonyl (C=O) groups is 1. The fraction of sp³-hybridized carbons (Fsp3) is 0.190. The molecule has 1 aromatic heterocycles. The average molecular weight is 352 g/mol. The second-order valence-electron chi connectivity index (χ2n) is 6.71. The van der Waals surface area contributed by atoms with Gasteiger partial charge in [-0.05, 0) is 72.7 Å². The van der Waals surface area contributed by atoms with Gasteiger partial charge in [0.25, 0.3) is 0 Å². The first-order valence-corrected chi connectivity index (χ1v) is 8.57. The summed E-state index contributed by atoms with van der Waals surface area (Å²) >= 11 is 0. The topological polar surface area (TPSA) is 44.9 Å². The van der Waals surface area contributed by atoms with Crippen LogP contribution in [-0.4, -0.2) is 16.9 Å². The first-order valence-electron chi connectivity index (χ1n) is 8.57. The van der Waals surface area contributed by atoms with Crippen molar-refractivity contribution in [2.45, 2.75) is 25.8 Å². The normalized spacial score (nSPS) is 14.7. The fourth-order valence-electron chi connectivity index (χ4n) is 2.93. The summed E-state index contributed by atoms with van der Waals surface area (Å²) in [6.07, 6.45) is 5.00. The molecule has 1 heterocycles. The number of benzene rings is 2. The van der Waals surface area contributed by atoms with E-state index >= 15 is 0 Å². The largest absolute Gasteiger partial charge is 0.361 e. The van der Waals surface area contributed by atoms with Gasteiger partial charge in [-0.15, -0.1) is 0 Å². The van der Waals surface area contributed by atoms with Gasteiger partial charge in [0.2, 0.25) is 5.91 Å². The molecule has 1 saturated carbocycles. The van der Waals surface area contributed by atoms with E-state index in [1.165, 1.54) is 18.2 Å². The third kappa shape index (κ3) is 3.25. The predicted octanol–water partition coefficient (Wildman–Crippen LogP) is 4.80. The van der Waals surface area contributed by atoms with Crippen molar-refractivity contribution in [1.29, 1.82) is 0 Å². The van der Waals surface area contributed by atoms with Crippen LogP contribution in [0, 0.1) is 11.6 Å². The number of hydrogen-bond donors (Lipinski definition) is 2. The summed E-state index contributed by atoms with van der Waals surface area (Å²) in [7, 11) is 0. The van der Waals surface area contributed by atoms with E-state index in [4.69, 9.17) is 0 Å². The zero-order valence-electron chi connectivity index (χ0n) is 14.3. The summed E-state index contributed by atoms with van der Waals surface area (Å²) in [6, 6.07) is 10.3. The Balaban J connectivity index is 1.66. The summed E-state index contributed by atoms with van der Waals surface area (Å²) in [4.78, 5) is 15.1. The Hall–Kier alpha value is -2.95. The van der Waals surface area contributed by atoms with Crippen LogP contribution in [0.1, 0.15) is 25.3 Å². The van der Waals surface area contributed by atoms with Crippen LogP contribution >= 0.6 is 0 Å². The maximum absolute atomic E-state index is 14.5. The summed E-state index contributed by atoms with van der Waals surface area (Å²) in [5, 5.41) is 3.78. The number of H-pyrrole nitrogens is 1. The second-order valence-corrected chi connectivity index (χ2v) is 6.71. The van der Waals surface area contributed by atoms with E-state index in [2.05, 4.69) is 10.3 Å². The molecule has 2 N–H and O–H groups in total. The summed E-state index contributed by atoms with van der Waals surface area (Å²) < 4.78 is 29.1. The Labute approximate surface area is 149 Å². The van der Waals surface area contributed by atoms with Crippen LogP contribution in [0.15, 0.2) is 48.2 Å². The molecule has 1 aliphatic rings. The molecule has 0 spiro atoms. The number of nitrogens with one attached hydrogen (secondary N) is 2. The lowest BCUT2D eigenvalue weighted by atomic mass is 10.0. The fourth-order valence-corrected chi connectivity index (χ4v) is 2.93. The zero-order chi connectivity index (χ0) is 18.3. The third-order valence-corrected chi connectivity index (χ3v) is 4.60. The van der Waals surface area contributed by atoms with Gasteiger partial charge in [-0.2, -0.15) is 0 Å². The van der Waals surface area contributed by atoms with Crippen LogP contribution in [-0.2, 0) is 4.79 Å². The molecular formula is C21H18F2N2O. The van der Waals surface area contributed by atoms with Gasteiger partial charge < -0.3 is 10.3 Å². The lowest BCUT2D eigenvalue weighted by molar-refractivity contribution is -0.117. The van der Waals surface area contributed by atoms with Crippen molar-refractivity contribution in [2.75, 3.05) is 0 Å². The second kappa shape index (κ2) is 6.41. The molecule has 0 radical (unpaired) electrons. The van der Waals surface area contributed by atoms with E-state index in [9.17, 15) is 13.6 Å². The predicted molar refractivity (Wildman–Crippen MR) is 98.5 cm³/mol. The molecule has 0 unspecified atom stereocenters. The van der Waals surface area contributed by atoms with Crippen molar-refractivity contribution in [2.24, 2.45) is 0 Å². The Bertz CT molecular complexity index is 1010. The molecule has 4 rings (SSSR count). The molecule has 1 aliphatic carbocycles. The van der Waals surface area contributed by atoms with Crippen molar-refractivity contribution in [1.82, 2.24) is 10.3 Å². The Morgan fingerprint density at radius 2 is 1.85 bits per heavy atom. The van der Waals surface area contributed by atoms with E-state index in [0.29, 0.717) is 5.56 Å². The number of hydrogen-bond acceptors (Lipinski definition) is 1. The number of carbonyl (C=O) groups excluding carboxylic acids is 1. The van der Waals surface area contributed by atoms with Crippen LogP contribution < -0.4 is 5.32 Å². The van der Waals surface area contributed by atoms with Crippen LogP contribution in [0.2, 0.25) is 0 Å². The molecule has 0 bridgehead atoms. The molecule has 3 aromatic rings. The van der Waals surface area contributed by atoms with E-state index in [0.717, 1.165) is 29.3 Å². The summed E-state index contributed by atoms with van der Waals surface area (Å²) in [5.74, 6) is -1.66. The molecule has 5 heteroatoms. The number of aromatic nitrogens is 1. The van der Waals surface area contributed by atoms with Crippen molar-refractivity contribution in [3.63, 3.8) is 0 Å². The smallest absolute Gasteiger partial charge is 0.247 e. The SMILES string of the molecule is CC(=Cc1c(F)cc(-c2ccc3[nH]ccc3c2)cc1F)C(=O)NC1CC1. The minimum Gasteiger partial charge on any atom is -0.361 e. The van der Waals surface area contributed by atoms with Crippen LogP contribution in [0.3, 0.4) is 0 Å². The van der Waals surface area contributed by atoms with Crippen LogP contribution in [0.4, 0.5) is 8.78 Å². The van der Waals surface area contributed by atoms with Gasteiger partial charge in [0.05, 0.1) is 0 Å². The molecule has 0 atom stereocenters. The number of aromatic amines is 1. The van der Waals surface area contributed by atoms with E-state index < -0.39 is 11.6 Å². The maximum Gasteiger partial charge on any atom is 0.247 e. The highest BCUT2D eigenvalue weighted by atomic mass is 19.1.